The summed E-state index contributed by atoms with van der Waals surface area (Å²) in [6.45, 7) is 5.06. The summed E-state index contributed by atoms with van der Waals surface area (Å²) in [4.78, 5) is 12.6. The lowest BCUT2D eigenvalue weighted by molar-refractivity contribution is 0.0950. The fraction of sp³-hybridized carbons (Fsp3) is 0.316. The van der Waals surface area contributed by atoms with Crippen LogP contribution in [-0.2, 0) is 6.54 Å². The van der Waals surface area contributed by atoms with Crippen molar-refractivity contribution < 1.29 is 13.9 Å². The minimum absolute atomic E-state index is 0.0142. The van der Waals surface area contributed by atoms with Gasteiger partial charge >= 0.3 is 0 Å². The summed E-state index contributed by atoms with van der Waals surface area (Å²) >= 11 is 0. The Balaban J connectivity index is 1.64. The highest BCUT2D eigenvalue weighted by atomic mass is 19.1. The molecule has 2 N–H and O–H groups in total. The van der Waals surface area contributed by atoms with Crippen LogP contribution in [0.3, 0.4) is 0 Å². The SMILES string of the molecule is CC1CNc2cc(C(=O)C(C)NCc3ccc(F)cc3)ccc2O1. The number of nitrogens with one attached hydrogen (secondary N) is 2. The van der Waals surface area contributed by atoms with Gasteiger partial charge in [0.05, 0.1) is 18.3 Å². The summed E-state index contributed by atoms with van der Waals surface area (Å²) in [5.41, 5.74) is 2.42. The molecule has 0 amide bonds. The molecular formula is C19H21FN2O2. The van der Waals surface area contributed by atoms with E-state index in [1.807, 2.05) is 26.0 Å². The van der Waals surface area contributed by atoms with Gasteiger partial charge in [0.25, 0.3) is 0 Å². The van der Waals surface area contributed by atoms with Crippen molar-refractivity contribution in [3.63, 3.8) is 0 Å². The third kappa shape index (κ3) is 3.74. The smallest absolute Gasteiger partial charge is 0.179 e. The number of hydrogen-bond acceptors (Lipinski definition) is 4. The van der Waals surface area contributed by atoms with Gasteiger partial charge in [-0.05, 0) is 49.7 Å². The summed E-state index contributed by atoms with van der Waals surface area (Å²) in [7, 11) is 0. The topological polar surface area (TPSA) is 50.4 Å². The third-order valence-electron chi connectivity index (χ3n) is 4.09. The van der Waals surface area contributed by atoms with Crippen LogP contribution in [0.15, 0.2) is 42.5 Å². The zero-order chi connectivity index (χ0) is 17.1. The second kappa shape index (κ2) is 7.01. The van der Waals surface area contributed by atoms with E-state index in [4.69, 9.17) is 4.74 Å². The van der Waals surface area contributed by atoms with Gasteiger partial charge < -0.3 is 15.4 Å². The molecule has 2 atom stereocenters. The molecular weight excluding hydrogens is 307 g/mol. The van der Waals surface area contributed by atoms with E-state index in [9.17, 15) is 9.18 Å². The molecule has 2 aromatic rings. The van der Waals surface area contributed by atoms with Gasteiger partial charge in [-0.2, -0.15) is 0 Å². The molecule has 0 spiro atoms. The number of halogens is 1. The Morgan fingerprint density at radius 2 is 2.08 bits per heavy atom. The van der Waals surface area contributed by atoms with Crippen molar-refractivity contribution in [1.82, 2.24) is 5.32 Å². The monoisotopic (exact) mass is 328 g/mol. The van der Waals surface area contributed by atoms with E-state index in [0.717, 1.165) is 23.5 Å². The van der Waals surface area contributed by atoms with E-state index in [1.165, 1.54) is 12.1 Å². The van der Waals surface area contributed by atoms with Crippen LogP contribution in [0.5, 0.6) is 5.75 Å². The zero-order valence-electron chi connectivity index (χ0n) is 13.8. The van der Waals surface area contributed by atoms with E-state index >= 15 is 0 Å². The molecule has 0 saturated heterocycles. The number of anilines is 1. The van der Waals surface area contributed by atoms with Gasteiger partial charge in [-0.3, -0.25) is 4.79 Å². The molecule has 0 saturated carbocycles. The predicted molar refractivity (Wildman–Crippen MR) is 92.1 cm³/mol. The van der Waals surface area contributed by atoms with Crippen molar-refractivity contribution in [1.29, 1.82) is 0 Å². The van der Waals surface area contributed by atoms with E-state index in [0.29, 0.717) is 12.1 Å². The van der Waals surface area contributed by atoms with Gasteiger partial charge in [-0.15, -0.1) is 0 Å². The number of ketones is 1. The highest BCUT2D eigenvalue weighted by Crippen LogP contribution is 2.30. The van der Waals surface area contributed by atoms with Crippen LogP contribution in [-0.4, -0.2) is 24.5 Å². The number of hydrogen-bond donors (Lipinski definition) is 2. The second-order valence-corrected chi connectivity index (χ2v) is 6.11. The standard InChI is InChI=1S/C19H21FN2O2/c1-12-10-22-17-9-15(5-8-18(17)24-12)19(23)13(2)21-11-14-3-6-16(20)7-4-14/h3-9,12-13,21-22H,10-11H2,1-2H3. The van der Waals surface area contributed by atoms with Crippen LogP contribution in [0.4, 0.5) is 10.1 Å². The Labute approximate surface area is 141 Å². The summed E-state index contributed by atoms with van der Waals surface area (Å²) in [5.74, 6) is 0.526. The Bertz CT molecular complexity index is 731. The van der Waals surface area contributed by atoms with Crippen LogP contribution in [0.2, 0.25) is 0 Å². The molecule has 1 heterocycles. The largest absolute Gasteiger partial charge is 0.487 e. The minimum atomic E-state index is -0.337. The third-order valence-corrected chi connectivity index (χ3v) is 4.09. The molecule has 5 heteroatoms. The van der Waals surface area contributed by atoms with Gasteiger partial charge in [0, 0.05) is 12.1 Å². The van der Waals surface area contributed by atoms with Gasteiger partial charge in [0.2, 0.25) is 0 Å². The summed E-state index contributed by atoms with van der Waals surface area (Å²) in [5, 5.41) is 6.46. The Morgan fingerprint density at radius 3 is 2.83 bits per heavy atom. The average Bonchev–Trinajstić information content (AvgIpc) is 2.60. The first-order valence-corrected chi connectivity index (χ1v) is 8.09. The lowest BCUT2D eigenvalue weighted by Gasteiger charge is -2.25. The van der Waals surface area contributed by atoms with Crippen molar-refractivity contribution in [2.24, 2.45) is 0 Å². The first-order valence-electron chi connectivity index (χ1n) is 8.09. The maximum Gasteiger partial charge on any atom is 0.179 e. The second-order valence-electron chi connectivity index (χ2n) is 6.11. The van der Waals surface area contributed by atoms with Crippen LogP contribution in [0.25, 0.3) is 0 Å². The van der Waals surface area contributed by atoms with E-state index in [1.54, 1.807) is 18.2 Å². The molecule has 3 rings (SSSR count). The molecule has 0 aliphatic carbocycles. The zero-order valence-corrected chi connectivity index (χ0v) is 13.8. The number of benzene rings is 2. The summed E-state index contributed by atoms with van der Waals surface area (Å²) < 4.78 is 18.6. The average molecular weight is 328 g/mol. The molecule has 24 heavy (non-hydrogen) atoms. The van der Waals surface area contributed by atoms with Crippen molar-refractivity contribution in [3.8, 4) is 5.75 Å². The highest BCUT2D eigenvalue weighted by Gasteiger charge is 2.20. The molecule has 4 nitrogen and oxygen atoms in total. The summed E-state index contributed by atoms with van der Waals surface area (Å²) in [6.07, 6.45) is 0.121. The van der Waals surface area contributed by atoms with E-state index in [2.05, 4.69) is 10.6 Å². The molecule has 126 valence electrons. The lowest BCUT2D eigenvalue weighted by atomic mass is 10.0. The molecule has 0 bridgehead atoms. The molecule has 0 radical (unpaired) electrons. The Kier molecular flexibility index (Phi) is 4.81. The van der Waals surface area contributed by atoms with Crippen LogP contribution in [0.1, 0.15) is 29.8 Å². The number of rotatable bonds is 5. The van der Waals surface area contributed by atoms with Crippen LogP contribution in [0, 0.1) is 5.82 Å². The molecule has 1 aliphatic heterocycles. The predicted octanol–water partition coefficient (Wildman–Crippen LogP) is 3.38. The fourth-order valence-electron chi connectivity index (χ4n) is 2.65. The number of carbonyl (C=O) groups excluding carboxylic acids is 1. The van der Waals surface area contributed by atoms with Gasteiger partial charge in [-0.1, -0.05) is 12.1 Å². The highest BCUT2D eigenvalue weighted by molar-refractivity contribution is 6.01. The first kappa shape index (κ1) is 16.5. The molecule has 1 aliphatic rings. The minimum Gasteiger partial charge on any atom is -0.487 e. The summed E-state index contributed by atoms with van der Waals surface area (Å²) in [6, 6.07) is 11.4. The van der Waals surface area contributed by atoms with Crippen molar-refractivity contribution in [2.75, 3.05) is 11.9 Å². The molecule has 0 fully saturated rings. The maximum absolute atomic E-state index is 12.9. The first-order chi connectivity index (χ1) is 11.5. The number of fused-ring (bicyclic) bond motifs is 1. The molecule has 0 aromatic heterocycles. The molecule has 2 aromatic carbocycles. The quantitative estimate of drug-likeness (QED) is 0.826. The van der Waals surface area contributed by atoms with Crippen LogP contribution < -0.4 is 15.4 Å². The number of ether oxygens (including phenoxy) is 1. The van der Waals surface area contributed by atoms with Gasteiger partial charge in [0.1, 0.15) is 17.7 Å². The lowest BCUT2D eigenvalue weighted by Crippen LogP contribution is -2.34. The van der Waals surface area contributed by atoms with Crippen molar-refractivity contribution >= 4 is 11.5 Å². The van der Waals surface area contributed by atoms with E-state index < -0.39 is 0 Å². The van der Waals surface area contributed by atoms with Crippen molar-refractivity contribution in [2.45, 2.75) is 32.5 Å². The van der Waals surface area contributed by atoms with Crippen molar-refractivity contribution in [3.05, 3.63) is 59.4 Å². The fourth-order valence-corrected chi connectivity index (χ4v) is 2.65. The van der Waals surface area contributed by atoms with E-state index in [-0.39, 0.29) is 23.7 Å². The van der Waals surface area contributed by atoms with Crippen LogP contribution >= 0.6 is 0 Å². The Hall–Kier alpha value is -2.40. The van der Waals surface area contributed by atoms with Gasteiger partial charge in [0.15, 0.2) is 5.78 Å². The number of Topliss-reactive ketones (excluding diaryl/α,β-unsaturated/α-hetero) is 1. The normalized spacial score (nSPS) is 17.4. The molecule has 2 unspecified atom stereocenters. The Morgan fingerprint density at radius 1 is 1.33 bits per heavy atom. The van der Waals surface area contributed by atoms with Gasteiger partial charge in [-0.25, -0.2) is 4.39 Å². The maximum atomic E-state index is 12.9. The number of carbonyl (C=O) groups is 1.